The molecule has 4 aromatic rings. The van der Waals surface area contributed by atoms with Gasteiger partial charge in [0.05, 0.1) is 22.0 Å². The molecule has 3 aromatic carbocycles. The van der Waals surface area contributed by atoms with E-state index < -0.39 is 15.8 Å². The van der Waals surface area contributed by atoms with Crippen LogP contribution in [0, 0.1) is 5.82 Å². The van der Waals surface area contributed by atoms with Crippen LogP contribution in [0.1, 0.15) is 35.1 Å². The Balaban J connectivity index is 1.33. The number of hydrogen-bond donors (Lipinski definition) is 2. The van der Waals surface area contributed by atoms with E-state index in [4.69, 9.17) is 0 Å². The Hall–Kier alpha value is -3.72. The average Bonchev–Trinajstić information content (AvgIpc) is 3.46. The number of amides is 1. The smallest absolute Gasteiger partial charge is 0.261 e. The number of imidazole rings is 1. The van der Waals surface area contributed by atoms with Crippen molar-refractivity contribution in [2.75, 3.05) is 11.3 Å². The van der Waals surface area contributed by atoms with E-state index in [-0.39, 0.29) is 16.8 Å². The summed E-state index contributed by atoms with van der Waals surface area (Å²) in [4.78, 5) is 22.9. The monoisotopic (exact) mass is 464 g/mol. The fraction of sp³-hybridized carbons (Fsp3) is 0.167. The van der Waals surface area contributed by atoms with Gasteiger partial charge in [-0.2, -0.15) is 0 Å². The van der Waals surface area contributed by atoms with Gasteiger partial charge < -0.3 is 9.88 Å². The summed E-state index contributed by atoms with van der Waals surface area (Å²) < 4.78 is 40.5. The number of benzene rings is 3. The summed E-state index contributed by atoms with van der Waals surface area (Å²) in [7, 11) is -3.86. The van der Waals surface area contributed by atoms with E-state index >= 15 is 0 Å². The molecule has 1 aromatic heterocycles. The number of H-pyrrole nitrogens is 1. The van der Waals surface area contributed by atoms with Gasteiger partial charge in [-0.1, -0.05) is 12.1 Å². The van der Waals surface area contributed by atoms with Gasteiger partial charge in [0.2, 0.25) is 0 Å². The number of rotatable bonds is 5. The van der Waals surface area contributed by atoms with Crippen LogP contribution in [0.15, 0.2) is 77.7 Å². The fourth-order valence-corrected chi connectivity index (χ4v) is 5.16. The SMILES string of the molecule is O=C(c1ccc(NS(=O)(=O)c2ccc(F)cc2)cc1)N1CCCC1c1nc2ccccc2[nH]1. The highest BCUT2D eigenvalue weighted by molar-refractivity contribution is 7.92. The van der Waals surface area contributed by atoms with Gasteiger partial charge in [-0.25, -0.2) is 17.8 Å². The van der Waals surface area contributed by atoms with Crippen LogP contribution in [0.5, 0.6) is 0 Å². The van der Waals surface area contributed by atoms with Crippen molar-refractivity contribution >= 4 is 32.7 Å². The normalized spacial score (nSPS) is 16.3. The first-order chi connectivity index (χ1) is 15.9. The van der Waals surface area contributed by atoms with Crippen LogP contribution in [0.2, 0.25) is 0 Å². The van der Waals surface area contributed by atoms with Crippen molar-refractivity contribution in [3.63, 3.8) is 0 Å². The van der Waals surface area contributed by atoms with Crippen molar-refractivity contribution in [3.05, 3.63) is 90.0 Å². The average molecular weight is 465 g/mol. The van der Waals surface area contributed by atoms with E-state index in [0.29, 0.717) is 17.8 Å². The summed E-state index contributed by atoms with van der Waals surface area (Å²) in [5.41, 5.74) is 2.57. The van der Waals surface area contributed by atoms with E-state index in [2.05, 4.69) is 14.7 Å². The second-order valence-electron chi connectivity index (χ2n) is 7.93. The lowest BCUT2D eigenvalue weighted by molar-refractivity contribution is 0.0730. The Kier molecular flexibility index (Phi) is 5.33. The quantitative estimate of drug-likeness (QED) is 0.455. The third-order valence-corrected chi connectivity index (χ3v) is 7.14. The minimum absolute atomic E-state index is 0.0465. The Morgan fingerprint density at radius 2 is 1.76 bits per heavy atom. The molecule has 1 fully saturated rings. The van der Waals surface area contributed by atoms with Gasteiger partial charge in [0.25, 0.3) is 15.9 Å². The second kappa shape index (κ2) is 8.32. The van der Waals surface area contributed by atoms with Crippen molar-refractivity contribution in [1.82, 2.24) is 14.9 Å². The third kappa shape index (κ3) is 4.19. The van der Waals surface area contributed by atoms with E-state index in [1.165, 1.54) is 12.1 Å². The summed E-state index contributed by atoms with van der Waals surface area (Å²) in [6.45, 7) is 0.624. The van der Waals surface area contributed by atoms with Gasteiger partial charge >= 0.3 is 0 Å². The molecule has 1 aliphatic rings. The maximum atomic E-state index is 13.2. The first-order valence-corrected chi connectivity index (χ1v) is 12.0. The highest BCUT2D eigenvalue weighted by Crippen LogP contribution is 2.33. The molecular formula is C24H21FN4O3S. The van der Waals surface area contributed by atoms with Crippen molar-refractivity contribution in [2.24, 2.45) is 0 Å². The highest BCUT2D eigenvalue weighted by Gasteiger charge is 2.32. The molecule has 5 rings (SSSR count). The number of para-hydroxylation sites is 2. The maximum absolute atomic E-state index is 13.2. The minimum Gasteiger partial charge on any atom is -0.340 e. The summed E-state index contributed by atoms with van der Waals surface area (Å²) >= 11 is 0. The van der Waals surface area contributed by atoms with E-state index in [1.54, 1.807) is 29.2 Å². The van der Waals surface area contributed by atoms with Crippen LogP contribution in [-0.4, -0.2) is 35.7 Å². The maximum Gasteiger partial charge on any atom is 0.261 e. The lowest BCUT2D eigenvalue weighted by Gasteiger charge is -2.23. The molecule has 0 saturated carbocycles. The van der Waals surface area contributed by atoms with Crippen LogP contribution in [0.25, 0.3) is 11.0 Å². The van der Waals surface area contributed by atoms with Gasteiger partial charge in [-0.15, -0.1) is 0 Å². The zero-order valence-electron chi connectivity index (χ0n) is 17.5. The number of nitrogens with one attached hydrogen (secondary N) is 2. The molecule has 0 spiro atoms. The van der Waals surface area contributed by atoms with Gasteiger partial charge in [-0.3, -0.25) is 9.52 Å². The third-order valence-electron chi connectivity index (χ3n) is 5.74. The van der Waals surface area contributed by atoms with Crippen molar-refractivity contribution < 1.29 is 17.6 Å². The van der Waals surface area contributed by atoms with Crippen molar-refractivity contribution in [2.45, 2.75) is 23.8 Å². The van der Waals surface area contributed by atoms with Gasteiger partial charge in [-0.05, 0) is 73.5 Å². The number of nitrogens with zero attached hydrogens (tertiary/aromatic N) is 2. The van der Waals surface area contributed by atoms with Crippen LogP contribution < -0.4 is 4.72 Å². The summed E-state index contributed by atoms with van der Waals surface area (Å²) in [6, 6.07) is 18.5. The Labute approximate surface area is 190 Å². The molecule has 0 aliphatic carbocycles. The van der Waals surface area contributed by atoms with Gasteiger partial charge in [0, 0.05) is 17.8 Å². The molecule has 2 heterocycles. The molecule has 1 unspecified atom stereocenters. The first kappa shape index (κ1) is 21.1. The number of carbonyl (C=O) groups excluding carboxylic acids is 1. The molecule has 2 N–H and O–H groups in total. The minimum atomic E-state index is -3.86. The zero-order chi connectivity index (χ0) is 23.0. The number of fused-ring (bicyclic) bond motifs is 1. The number of aromatic amines is 1. The van der Waals surface area contributed by atoms with Crippen LogP contribution >= 0.6 is 0 Å². The number of carbonyl (C=O) groups is 1. The Bertz CT molecular complexity index is 1380. The molecule has 1 aliphatic heterocycles. The van der Waals surface area contributed by atoms with Crippen molar-refractivity contribution in [1.29, 1.82) is 0 Å². The number of aromatic nitrogens is 2. The molecule has 7 nitrogen and oxygen atoms in total. The second-order valence-corrected chi connectivity index (χ2v) is 9.61. The molecule has 9 heteroatoms. The number of anilines is 1. The molecule has 0 radical (unpaired) electrons. The molecule has 1 atom stereocenters. The predicted octanol–water partition coefficient (Wildman–Crippen LogP) is 4.48. The standard InChI is InChI=1S/C24H21FN4O3S/c25-17-9-13-19(14-10-17)33(31,32)28-18-11-7-16(8-12-18)24(30)29-15-3-6-22(29)23-26-20-4-1-2-5-21(20)27-23/h1-2,4-5,7-14,22,28H,3,6,15H2,(H,26,27). The fourth-order valence-electron chi connectivity index (χ4n) is 4.10. The number of hydrogen-bond acceptors (Lipinski definition) is 4. The largest absolute Gasteiger partial charge is 0.340 e. The number of sulfonamides is 1. The molecule has 33 heavy (non-hydrogen) atoms. The lowest BCUT2D eigenvalue weighted by atomic mass is 10.1. The Morgan fingerprint density at radius 1 is 1.03 bits per heavy atom. The Morgan fingerprint density at radius 3 is 2.48 bits per heavy atom. The molecule has 1 saturated heterocycles. The van der Waals surface area contributed by atoms with Crippen LogP contribution in [0.3, 0.4) is 0 Å². The van der Waals surface area contributed by atoms with Crippen molar-refractivity contribution in [3.8, 4) is 0 Å². The predicted molar refractivity (Wildman–Crippen MR) is 123 cm³/mol. The molecule has 168 valence electrons. The molecule has 0 bridgehead atoms. The highest BCUT2D eigenvalue weighted by atomic mass is 32.2. The molecule has 1 amide bonds. The van der Waals surface area contributed by atoms with E-state index in [1.807, 2.05) is 24.3 Å². The summed E-state index contributed by atoms with van der Waals surface area (Å²) in [6.07, 6.45) is 1.70. The summed E-state index contributed by atoms with van der Waals surface area (Å²) in [5.74, 6) is 0.122. The summed E-state index contributed by atoms with van der Waals surface area (Å²) in [5, 5.41) is 0. The van der Waals surface area contributed by atoms with Gasteiger partial charge in [0.1, 0.15) is 11.6 Å². The van der Waals surface area contributed by atoms with Crippen LogP contribution in [-0.2, 0) is 10.0 Å². The first-order valence-electron chi connectivity index (χ1n) is 10.5. The lowest BCUT2D eigenvalue weighted by Crippen LogP contribution is -2.31. The number of halogens is 1. The van der Waals surface area contributed by atoms with E-state index in [9.17, 15) is 17.6 Å². The molecular weight excluding hydrogens is 443 g/mol. The van der Waals surface area contributed by atoms with Gasteiger partial charge in [0.15, 0.2) is 0 Å². The zero-order valence-corrected chi connectivity index (χ0v) is 18.3. The van der Waals surface area contributed by atoms with Crippen LogP contribution in [0.4, 0.5) is 10.1 Å². The number of likely N-dealkylation sites (tertiary alicyclic amines) is 1. The topological polar surface area (TPSA) is 95.2 Å². The van der Waals surface area contributed by atoms with E-state index in [0.717, 1.165) is 41.8 Å².